The Labute approximate surface area is 99.8 Å². The Morgan fingerprint density at radius 3 is 2.93 bits per heavy atom. The van der Waals surface area contributed by atoms with Crippen molar-refractivity contribution in [3.63, 3.8) is 0 Å². The molecule has 0 spiro atoms. The summed E-state index contributed by atoms with van der Waals surface area (Å²) in [5, 5.41) is 4.51. The molecule has 6 heteroatoms. The molecule has 1 amide bonds. The van der Waals surface area contributed by atoms with Crippen molar-refractivity contribution in [2.24, 2.45) is 5.73 Å². The summed E-state index contributed by atoms with van der Waals surface area (Å²) in [6.45, 7) is 0.488. The molecule has 3 N–H and O–H groups in total. The highest BCUT2D eigenvalue weighted by molar-refractivity contribution is 9.11. The normalized spacial score (nSPS) is 9.79. The van der Waals surface area contributed by atoms with Crippen LogP contribution in [0.2, 0.25) is 0 Å². The predicted octanol–water partition coefficient (Wildman–Crippen LogP) is 1.92. The number of thiophene rings is 1. The number of nitrogens with two attached hydrogens (primary N) is 1. The maximum atomic E-state index is 11.4. The van der Waals surface area contributed by atoms with Crippen LogP contribution in [0.25, 0.3) is 0 Å². The van der Waals surface area contributed by atoms with Crippen LogP contribution < -0.4 is 11.1 Å². The van der Waals surface area contributed by atoms with Gasteiger partial charge in [-0.05, 0) is 22.0 Å². The molecule has 0 bridgehead atoms. The van der Waals surface area contributed by atoms with E-state index in [2.05, 4.69) is 33.5 Å². The van der Waals surface area contributed by atoms with Crippen LogP contribution in [-0.2, 0) is 0 Å². The molecule has 0 aliphatic rings. The first-order chi connectivity index (χ1) is 6.59. The van der Waals surface area contributed by atoms with Crippen LogP contribution in [0.15, 0.2) is 15.2 Å². The third-order valence-electron chi connectivity index (χ3n) is 1.49. The number of hydrogen-bond acceptors (Lipinski definition) is 3. The highest BCUT2D eigenvalue weighted by atomic mass is 79.9. The summed E-state index contributed by atoms with van der Waals surface area (Å²) < 4.78 is 0.942. The van der Waals surface area contributed by atoms with Crippen molar-refractivity contribution in [1.29, 1.82) is 0 Å². The number of halogens is 1. The molecular weight excluding hydrogens is 284 g/mol. The Morgan fingerprint density at radius 2 is 2.43 bits per heavy atom. The second-order valence-electron chi connectivity index (χ2n) is 2.61. The number of thiocarbonyl (C=S) groups is 1. The van der Waals surface area contributed by atoms with Gasteiger partial charge < -0.3 is 11.1 Å². The van der Waals surface area contributed by atoms with Gasteiger partial charge in [0.1, 0.15) is 0 Å². The van der Waals surface area contributed by atoms with E-state index in [4.69, 9.17) is 5.73 Å². The van der Waals surface area contributed by atoms with Crippen LogP contribution in [0.3, 0.4) is 0 Å². The summed E-state index contributed by atoms with van der Waals surface area (Å²) in [5.74, 6) is -0.0943. The smallest absolute Gasteiger partial charge is 0.252 e. The Balaban J connectivity index is 2.39. The van der Waals surface area contributed by atoms with Crippen molar-refractivity contribution in [2.45, 2.75) is 6.42 Å². The van der Waals surface area contributed by atoms with Crippen molar-refractivity contribution < 1.29 is 4.79 Å². The molecule has 0 saturated carbocycles. The minimum atomic E-state index is -0.0943. The minimum absolute atomic E-state index is 0.0943. The average molecular weight is 293 g/mol. The molecule has 0 aromatic carbocycles. The monoisotopic (exact) mass is 292 g/mol. The molecule has 0 aliphatic heterocycles. The van der Waals surface area contributed by atoms with E-state index in [1.165, 1.54) is 11.3 Å². The largest absolute Gasteiger partial charge is 0.393 e. The van der Waals surface area contributed by atoms with E-state index >= 15 is 0 Å². The number of amides is 1. The first kappa shape index (κ1) is 11.6. The fraction of sp³-hybridized carbons (Fsp3) is 0.250. The summed E-state index contributed by atoms with van der Waals surface area (Å²) in [5.41, 5.74) is 5.95. The first-order valence-corrected chi connectivity index (χ1v) is 5.98. The van der Waals surface area contributed by atoms with E-state index in [0.29, 0.717) is 23.5 Å². The van der Waals surface area contributed by atoms with Crippen molar-refractivity contribution in [1.82, 2.24) is 5.32 Å². The molecule has 0 radical (unpaired) electrons. The lowest BCUT2D eigenvalue weighted by molar-refractivity contribution is 0.0955. The van der Waals surface area contributed by atoms with Crippen LogP contribution >= 0.6 is 39.5 Å². The fourth-order valence-electron chi connectivity index (χ4n) is 0.830. The van der Waals surface area contributed by atoms with Gasteiger partial charge in [0, 0.05) is 18.3 Å². The molecule has 1 aromatic rings. The van der Waals surface area contributed by atoms with Gasteiger partial charge in [0.2, 0.25) is 0 Å². The number of nitrogens with one attached hydrogen (secondary N) is 1. The second kappa shape index (κ2) is 5.43. The summed E-state index contributed by atoms with van der Waals surface area (Å²) in [6, 6.07) is 1.78. The van der Waals surface area contributed by atoms with E-state index in [9.17, 15) is 4.79 Å². The van der Waals surface area contributed by atoms with Crippen molar-refractivity contribution in [3.05, 3.63) is 20.8 Å². The Hall–Kier alpha value is -0.460. The Morgan fingerprint density at radius 1 is 1.71 bits per heavy atom. The molecule has 76 valence electrons. The van der Waals surface area contributed by atoms with Gasteiger partial charge in [-0.15, -0.1) is 11.3 Å². The van der Waals surface area contributed by atoms with Gasteiger partial charge in [-0.3, -0.25) is 4.79 Å². The maximum absolute atomic E-state index is 11.4. The van der Waals surface area contributed by atoms with E-state index in [-0.39, 0.29) is 5.91 Å². The maximum Gasteiger partial charge on any atom is 0.252 e. The van der Waals surface area contributed by atoms with Gasteiger partial charge in [0.25, 0.3) is 5.91 Å². The summed E-state index contributed by atoms with van der Waals surface area (Å²) in [4.78, 5) is 11.8. The van der Waals surface area contributed by atoms with Crippen LogP contribution in [0, 0.1) is 0 Å². The molecule has 1 heterocycles. The van der Waals surface area contributed by atoms with Gasteiger partial charge in [0.05, 0.1) is 14.3 Å². The minimum Gasteiger partial charge on any atom is -0.393 e. The quantitative estimate of drug-likeness (QED) is 0.834. The SMILES string of the molecule is NC(=S)CCNC(=O)c1csc(Br)c1. The summed E-state index contributed by atoms with van der Waals surface area (Å²) in [7, 11) is 0. The fourth-order valence-corrected chi connectivity index (χ4v) is 2.07. The lowest BCUT2D eigenvalue weighted by atomic mass is 10.3. The predicted molar refractivity (Wildman–Crippen MR) is 65.8 cm³/mol. The van der Waals surface area contributed by atoms with Gasteiger partial charge in [-0.2, -0.15) is 0 Å². The zero-order chi connectivity index (χ0) is 10.6. The first-order valence-electron chi connectivity index (χ1n) is 3.90. The van der Waals surface area contributed by atoms with Crippen LogP contribution in [0.1, 0.15) is 16.8 Å². The molecule has 0 aliphatic carbocycles. The van der Waals surface area contributed by atoms with E-state index in [1.807, 2.05) is 0 Å². The molecule has 0 unspecified atom stereocenters. The molecular formula is C8H9BrN2OS2. The van der Waals surface area contributed by atoms with E-state index in [1.54, 1.807) is 11.4 Å². The Kier molecular flexibility index (Phi) is 4.50. The number of carbonyl (C=O) groups excluding carboxylic acids is 1. The van der Waals surface area contributed by atoms with Crippen LogP contribution in [0.4, 0.5) is 0 Å². The molecule has 0 atom stereocenters. The summed E-state index contributed by atoms with van der Waals surface area (Å²) >= 11 is 9.46. The average Bonchev–Trinajstić information content (AvgIpc) is 2.51. The standard InChI is InChI=1S/C8H9BrN2OS2/c9-6-3-5(4-14-6)8(12)11-2-1-7(10)13/h3-4H,1-2H2,(H2,10,13)(H,11,12). The summed E-state index contributed by atoms with van der Waals surface area (Å²) in [6.07, 6.45) is 0.534. The van der Waals surface area contributed by atoms with Crippen molar-refractivity contribution in [3.8, 4) is 0 Å². The van der Waals surface area contributed by atoms with E-state index < -0.39 is 0 Å². The zero-order valence-corrected chi connectivity index (χ0v) is 10.5. The van der Waals surface area contributed by atoms with Crippen LogP contribution in [0.5, 0.6) is 0 Å². The molecule has 0 saturated heterocycles. The lowest BCUT2D eigenvalue weighted by Crippen LogP contribution is -2.26. The van der Waals surface area contributed by atoms with Gasteiger partial charge in [-0.25, -0.2) is 0 Å². The number of carbonyl (C=O) groups is 1. The molecule has 1 aromatic heterocycles. The molecule has 0 fully saturated rings. The number of hydrogen-bond donors (Lipinski definition) is 2. The van der Waals surface area contributed by atoms with Gasteiger partial charge >= 0.3 is 0 Å². The third kappa shape index (κ3) is 3.73. The molecule has 14 heavy (non-hydrogen) atoms. The van der Waals surface area contributed by atoms with Gasteiger partial charge in [-0.1, -0.05) is 12.2 Å². The van der Waals surface area contributed by atoms with Crippen molar-refractivity contribution in [2.75, 3.05) is 6.54 Å². The van der Waals surface area contributed by atoms with Crippen molar-refractivity contribution >= 4 is 50.4 Å². The van der Waals surface area contributed by atoms with Crippen LogP contribution in [-0.4, -0.2) is 17.4 Å². The Bertz CT molecular complexity index is 351. The third-order valence-corrected chi connectivity index (χ3v) is 3.20. The van der Waals surface area contributed by atoms with Gasteiger partial charge in [0.15, 0.2) is 0 Å². The topological polar surface area (TPSA) is 55.1 Å². The highest BCUT2D eigenvalue weighted by Crippen LogP contribution is 2.20. The molecule has 1 rings (SSSR count). The molecule has 3 nitrogen and oxygen atoms in total. The highest BCUT2D eigenvalue weighted by Gasteiger charge is 2.06. The lowest BCUT2D eigenvalue weighted by Gasteiger charge is -2.01. The zero-order valence-electron chi connectivity index (χ0n) is 7.25. The number of rotatable bonds is 4. The van der Waals surface area contributed by atoms with E-state index in [0.717, 1.165) is 3.79 Å². The second-order valence-corrected chi connectivity index (χ2v) is 5.43.